The molecule has 140 valence electrons. The summed E-state index contributed by atoms with van der Waals surface area (Å²) in [6.07, 6.45) is 1.89. The van der Waals surface area contributed by atoms with Gasteiger partial charge in [-0.15, -0.1) is 11.3 Å². The van der Waals surface area contributed by atoms with Crippen molar-refractivity contribution in [1.29, 1.82) is 0 Å². The molecule has 6 heteroatoms. The van der Waals surface area contributed by atoms with Gasteiger partial charge in [0.2, 0.25) is 0 Å². The van der Waals surface area contributed by atoms with E-state index < -0.39 is 0 Å². The van der Waals surface area contributed by atoms with E-state index in [-0.39, 0.29) is 6.10 Å². The minimum absolute atomic E-state index is 0.184. The summed E-state index contributed by atoms with van der Waals surface area (Å²) in [6.45, 7) is 6.75. The van der Waals surface area contributed by atoms with Crippen LogP contribution in [0.2, 0.25) is 0 Å². The highest BCUT2D eigenvalue weighted by molar-refractivity contribution is 7.18. The molecule has 2 saturated heterocycles. The SMILES string of the molecule is O[C@@H]1C[C@H]2CN(Cc3nc4ccccc4s3)C[C@H]2C[C@H]1N1CCOCC1. The van der Waals surface area contributed by atoms with E-state index in [1.54, 1.807) is 0 Å². The predicted molar refractivity (Wildman–Crippen MR) is 103 cm³/mol. The number of rotatable bonds is 3. The van der Waals surface area contributed by atoms with Crippen LogP contribution in [0.4, 0.5) is 0 Å². The molecule has 1 aromatic carbocycles. The van der Waals surface area contributed by atoms with Gasteiger partial charge in [-0.25, -0.2) is 4.98 Å². The van der Waals surface area contributed by atoms with E-state index in [4.69, 9.17) is 9.72 Å². The Morgan fingerprint density at radius 2 is 1.88 bits per heavy atom. The molecule has 5 rings (SSSR count). The van der Waals surface area contributed by atoms with Gasteiger partial charge in [-0.05, 0) is 36.8 Å². The van der Waals surface area contributed by atoms with Crippen molar-refractivity contribution in [2.75, 3.05) is 39.4 Å². The maximum absolute atomic E-state index is 10.7. The van der Waals surface area contributed by atoms with E-state index in [0.717, 1.165) is 64.3 Å². The third-order valence-electron chi connectivity index (χ3n) is 6.40. The van der Waals surface area contributed by atoms with Gasteiger partial charge < -0.3 is 9.84 Å². The van der Waals surface area contributed by atoms with Crippen LogP contribution in [-0.4, -0.2) is 71.4 Å². The van der Waals surface area contributed by atoms with Crippen LogP contribution in [-0.2, 0) is 11.3 Å². The summed E-state index contributed by atoms with van der Waals surface area (Å²) in [6, 6.07) is 8.72. The summed E-state index contributed by atoms with van der Waals surface area (Å²) >= 11 is 1.82. The Bertz CT molecular complexity index is 727. The van der Waals surface area contributed by atoms with Gasteiger partial charge in [0, 0.05) is 32.2 Å². The molecular formula is C20H27N3O2S. The minimum Gasteiger partial charge on any atom is -0.391 e. The first kappa shape index (κ1) is 17.1. The van der Waals surface area contributed by atoms with Crippen molar-refractivity contribution in [3.8, 4) is 0 Å². The number of likely N-dealkylation sites (tertiary alicyclic amines) is 1. The third-order valence-corrected chi connectivity index (χ3v) is 7.42. The van der Waals surface area contributed by atoms with E-state index >= 15 is 0 Å². The largest absolute Gasteiger partial charge is 0.391 e. The van der Waals surface area contributed by atoms with E-state index in [0.29, 0.717) is 17.9 Å². The van der Waals surface area contributed by atoms with Crippen LogP contribution in [0.15, 0.2) is 24.3 Å². The lowest BCUT2D eigenvalue weighted by molar-refractivity contribution is -0.0520. The Balaban J connectivity index is 1.24. The zero-order valence-corrected chi connectivity index (χ0v) is 15.9. The number of aliphatic hydroxyl groups excluding tert-OH is 1. The molecule has 1 N–H and O–H groups in total. The number of aliphatic hydroxyl groups is 1. The topological polar surface area (TPSA) is 48.8 Å². The highest BCUT2D eigenvalue weighted by Crippen LogP contribution is 2.39. The van der Waals surface area contributed by atoms with Gasteiger partial charge >= 0.3 is 0 Å². The molecule has 0 bridgehead atoms. The molecular weight excluding hydrogens is 346 g/mol. The summed E-state index contributed by atoms with van der Waals surface area (Å²) in [5.74, 6) is 1.34. The van der Waals surface area contributed by atoms with Crippen LogP contribution < -0.4 is 0 Å². The number of hydrogen-bond acceptors (Lipinski definition) is 6. The van der Waals surface area contributed by atoms with Crippen molar-refractivity contribution < 1.29 is 9.84 Å². The fourth-order valence-electron chi connectivity index (χ4n) is 5.11. The molecule has 1 aromatic heterocycles. The second kappa shape index (κ2) is 7.17. The van der Waals surface area contributed by atoms with Crippen LogP contribution in [0.1, 0.15) is 17.8 Å². The molecule has 1 saturated carbocycles. The van der Waals surface area contributed by atoms with Crippen LogP contribution in [0.5, 0.6) is 0 Å². The lowest BCUT2D eigenvalue weighted by Crippen LogP contribution is -2.53. The Kier molecular flexibility index (Phi) is 4.71. The molecule has 0 unspecified atom stereocenters. The summed E-state index contributed by atoms with van der Waals surface area (Å²) in [4.78, 5) is 9.82. The molecule has 5 nitrogen and oxygen atoms in total. The molecule has 26 heavy (non-hydrogen) atoms. The maximum atomic E-state index is 10.7. The standard InChI is InChI=1S/C20H27N3O2S/c24-18-10-15-12-22(13-20-21-16-3-1-2-4-19(16)26-20)11-14(15)9-17(18)23-5-7-25-8-6-23/h1-4,14-15,17-18,24H,5-13H2/t14-,15+,17-,18-/m1/s1. The normalized spacial score (nSPS) is 33.6. The zero-order valence-electron chi connectivity index (χ0n) is 15.1. The van der Waals surface area contributed by atoms with Crippen molar-refractivity contribution in [2.24, 2.45) is 11.8 Å². The number of hydrogen-bond donors (Lipinski definition) is 1. The van der Waals surface area contributed by atoms with Crippen molar-refractivity contribution >= 4 is 21.6 Å². The summed E-state index contributed by atoms with van der Waals surface area (Å²) in [7, 11) is 0. The van der Waals surface area contributed by atoms with Crippen molar-refractivity contribution in [3.63, 3.8) is 0 Å². The molecule has 2 aromatic rings. The minimum atomic E-state index is -0.184. The van der Waals surface area contributed by atoms with Crippen molar-refractivity contribution in [2.45, 2.75) is 31.5 Å². The highest BCUT2D eigenvalue weighted by Gasteiger charge is 2.43. The van der Waals surface area contributed by atoms with Crippen LogP contribution in [0, 0.1) is 11.8 Å². The molecule has 0 radical (unpaired) electrons. The van der Waals surface area contributed by atoms with Crippen LogP contribution >= 0.6 is 11.3 Å². The van der Waals surface area contributed by atoms with Crippen molar-refractivity contribution in [1.82, 2.24) is 14.8 Å². The van der Waals surface area contributed by atoms with E-state index in [2.05, 4.69) is 34.1 Å². The number of nitrogens with zero attached hydrogens (tertiary/aromatic N) is 3. The number of benzene rings is 1. The molecule has 4 atom stereocenters. The predicted octanol–water partition coefficient (Wildman–Crippen LogP) is 2.20. The average molecular weight is 374 g/mol. The number of morpholine rings is 1. The molecule has 1 aliphatic carbocycles. The van der Waals surface area contributed by atoms with Gasteiger partial charge in [0.15, 0.2) is 0 Å². The van der Waals surface area contributed by atoms with Crippen molar-refractivity contribution in [3.05, 3.63) is 29.3 Å². The number of ether oxygens (including phenoxy) is 1. The van der Waals surface area contributed by atoms with Crippen LogP contribution in [0.3, 0.4) is 0 Å². The molecule has 3 heterocycles. The van der Waals surface area contributed by atoms with Gasteiger partial charge in [-0.2, -0.15) is 0 Å². The second-order valence-electron chi connectivity index (χ2n) is 8.04. The number of fused-ring (bicyclic) bond motifs is 2. The van der Waals surface area contributed by atoms with Gasteiger partial charge in [0.05, 0.1) is 36.1 Å². The maximum Gasteiger partial charge on any atom is 0.108 e. The van der Waals surface area contributed by atoms with E-state index in [1.165, 1.54) is 9.71 Å². The van der Waals surface area contributed by atoms with Crippen LogP contribution in [0.25, 0.3) is 10.2 Å². The average Bonchev–Trinajstić information content (AvgIpc) is 3.24. The van der Waals surface area contributed by atoms with Gasteiger partial charge in [0.25, 0.3) is 0 Å². The Morgan fingerprint density at radius 1 is 1.12 bits per heavy atom. The van der Waals surface area contributed by atoms with Gasteiger partial charge in [-0.1, -0.05) is 12.1 Å². The first-order chi connectivity index (χ1) is 12.8. The fourth-order valence-corrected chi connectivity index (χ4v) is 6.12. The number of thiazole rings is 1. The first-order valence-corrected chi connectivity index (χ1v) is 10.6. The highest BCUT2D eigenvalue weighted by atomic mass is 32.1. The number of para-hydroxylation sites is 1. The van der Waals surface area contributed by atoms with E-state index in [9.17, 15) is 5.11 Å². The Morgan fingerprint density at radius 3 is 2.69 bits per heavy atom. The monoisotopic (exact) mass is 373 g/mol. The van der Waals surface area contributed by atoms with E-state index in [1.807, 2.05) is 11.3 Å². The summed E-state index contributed by atoms with van der Waals surface area (Å²) in [5, 5.41) is 11.9. The molecule has 0 spiro atoms. The molecule has 3 aliphatic rings. The third kappa shape index (κ3) is 3.29. The molecule has 2 aliphatic heterocycles. The summed E-state index contributed by atoms with van der Waals surface area (Å²) in [5.41, 5.74) is 1.12. The quantitative estimate of drug-likeness (QED) is 0.894. The number of aromatic nitrogens is 1. The first-order valence-electron chi connectivity index (χ1n) is 9.83. The lowest BCUT2D eigenvalue weighted by Gasteiger charge is -2.43. The lowest BCUT2D eigenvalue weighted by atomic mass is 9.77. The molecule has 0 amide bonds. The van der Waals surface area contributed by atoms with Gasteiger partial charge in [0.1, 0.15) is 5.01 Å². The Hall–Kier alpha value is -1.05. The smallest absolute Gasteiger partial charge is 0.108 e. The Labute approximate surface area is 158 Å². The van der Waals surface area contributed by atoms with Gasteiger partial charge in [-0.3, -0.25) is 9.80 Å². The second-order valence-corrected chi connectivity index (χ2v) is 9.16. The molecule has 3 fully saturated rings. The fraction of sp³-hybridized carbons (Fsp3) is 0.650. The zero-order chi connectivity index (χ0) is 17.5. The summed E-state index contributed by atoms with van der Waals surface area (Å²) < 4.78 is 6.76.